The van der Waals surface area contributed by atoms with Crippen LogP contribution < -0.4 is 4.90 Å². The minimum absolute atomic E-state index is 0.000680. The van der Waals surface area contributed by atoms with E-state index in [0.717, 1.165) is 64.7 Å². The molecule has 0 spiro atoms. The molecule has 2 aromatic heterocycles. The zero-order valence-corrected chi connectivity index (χ0v) is 22.5. The number of carbonyl (C=O) groups excluding carboxylic acids is 1. The molecule has 0 radical (unpaired) electrons. The first-order valence-corrected chi connectivity index (χ1v) is 13.7. The third-order valence-electron chi connectivity index (χ3n) is 8.70. The van der Waals surface area contributed by atoms with E-state index in [1.165, 1.54) is 7.11 Å². The maximum absolute atomic E-state index is 12.7. The van der Waals surface area contributed by atoms with E-state index >= 15 is 0 Å². The number of benzene rings is 2. The number of nitrogens with zero attached hydrogens (tertiary/aromatic N) is 4. The van der Waals surface area contributed by atoms with Gasteiger partial charge in [-0.25, -0.2) is 9.78 Å². The third kappa shape index (κ3) is 4.02. The monoisotopic (exact) mass is 530 g/mol. The van der Waals surface area contributed by atoms with E-state index < -0.39 is 18.0 Å². The van der Waals surface area contributed by atoms with Gasteiger partial charge in [0.15, 0.2) is 5.88 Å². The smallest absolute Gasteiger partial charge is 0.414 e. The molecule has 2 aromatic carbocycles. The summed E-state index contributed by atoms with van der Waals surface area (Å²) >= 11 is 0. The summed E-state index contributed by atoms with van der Waals surface area (Å²) in [4.78, 5) is 31.6. The molecule has 2 N–H and O–H groups in total. The van der Waals surface area contributed by atoms with Gasteiger partial charge in [0.05, 0.1) is 41.3 Å². The predicted molar refractivity (Wildman–Crippen MR) is 148 cm³/mol. The molecule has 0 saturated heterocycles. The van der Waals surface area contributed by atoms with E-state index in [-0.39, 0.29) is 24.0 Å². The number of aliphatic carboxylic acids is 1. The number of rotatable bonds is 4. The lowest BCUT2D eigenvalue weighted by Crippen LogP contribution is -2.42. The summed E-state index contributed by atoms with van der Waals surface area (Å²) in [7, 11) is 1.40. The van der Waals surface area contributed by atoms with Crippen LogP contribution in [0.3, 0.4) is 0 Å². The predicted octanol–water partition coefficient (Wildman–Crippen LogP) is 6.03. The molecule has 1 aliphatic heterocycles. The second-order valence-corrected chi connectivity index (χ2v) is 11.0. The second kappa shape index (κ2) is 9.63. The largest absolute Gasteiger partial charge is 0.494 e. The Morgan fingerprint density at radius 3 is 2.67 bits per heavy atom. The lowest BCUT2D eigenvalue weighted by atomic mass is 9.85. The summed E-state index contributed by atoms with van der Waals surface area (Å²) in [5, 5.41) is 21.8. The van der Waals surface area contributed by atoms with Crippen molar-refractivity contribution in [1.29, 1.82) is 0 Å². The Morgan fingerprint density at radius 2 is 1.90 bits per heavy atom. The standard InChI is InChI=1S/C30H34N4O5/c1-17-11-12-22-24(32(17)30(38)39-3)13-14-25-27(22)31-28(34(25)21-9-6-8-20(15-21)29(36)37)18(2)33-23-10-5-4-7-19(23)16-26(33)35/h4-5,7,10,13-14,16-18,20-21,35H,6,8-9,11-12,15H2,1-3H3,(H,36,37)/t17-,18?,20+,21+/m0/s1. The summed E-state index contributed by atoms with van der Waals surface area (Å²) in [6.07, 6.45) is 4.05. The van der Waals surface area contributed by atoms with E-state index in [9.17, 15) is 19.8 Å². The molecule has 1 unspecified atom stereocenters. The summed E-state index contributed by atoms with van der Waals surface area (Å²) in [5.74, 6) is -0.234. The van der Waals surface area contributed by atoms with Gasteiger partial charge in [0.2, 0.25) is 0 Å². The Hall–Kier alpha value is -4.01. The van der Waals surface area contributed by atoms with Crippen LogP contribution >= 0.6 is 0 Å². The molecule has 4 atom stereocenters. The average Bonchev–Trinajstić information content (AvgIpc) is 3.49. The van der Waals surface area contributed by atoms with Crippen LogP contribution in [-0.4, -0.2) is 49.5 Å². The summed E-state index contributed by atoms with van der Waals surface area (Å²) in [5.41, 5.74) is 4.46. The minimum Gasteiger partial charge on any atom is -0.494 e. The highest BCUT2D eigenvalue weighted by Gasteiger charge is 2.35. The number of hydrogen-bond donors (Lipinski definition) is 2. The number of para-hydroxylation sites is 1. The number of aromatic hydroxyl groups is 1. The van der Waals surface area contributed by atoms with Crippen molar-refractivity contribution >= 4 is 39.7 Å². The number of anilines is 1. The summed E-state index contributed by atoms with van der Waals surface area (Å²) in [6.45, 7) is 4.04. The molecule has 3 heterocycles. The van der Waals surface area contributed by atoms with E-state index in [0.29, 0.717) is 12.8 Å². The number of carbonyl (C=O) groups is 2. The number of aryl methyl sites for hydroxylation is 1. The van der Waals surface area contributed by atoms with Crippen LogP contribution in [0, 0.1) is 5.92 Å². The van der Waals surface area contributed by atoms with Gasteiger partial charge in [0, 0.05) is 29.1 Å². The molecule has 1 amide bonds. The number of aromatic nitrogens is 3. The first-order chi connectivity index (χ1) is 18.8. The molecule has 9 nitrogen and oxygen atoms in total. The van der Waals surface area contributed by atoms with Crippen LogP contribution in [0.4, 0.5) is 10.5 Å². The summed E-state index contributed by atoms with van der Waals surface area (Å²) in [6, 6.07) is 13.2. The molecule has 4 aromatic rings. The molecule has 9 heteroatoms. The number of methoxy groups -OCH3 is 1. The Kier molecular flexibility index (Phi) is 6.24. The fourth-order valence-corrected chi connectivity index (χ4v) is 6.78. The van der Waals surface area contributed by atoms with Gasteiger partial charge >= 0.3 is 12.1 Å². The first-order valence-electron chi connectivity index (χ1n) is 13.7. The van der Waals surface area contributed by atoms with Crippen LogP contribution in [0.2, 0.25) is 0 Å². The maximum Gasteiger partial charge on any atom is 0.414 e. The average molecular weight is 531 g/mol. The van der Waals surface area contributed by atoms with E-state index in [2.05, 4.69) is 4.57 Å². The number of imidazole rings is 1. The number of amides is 1. The minimum atomic E-state index is -0.757. The van der Waals surface area contributed by atoms with Gasteiger partial charge in [0.25, 0.3) is 0 Å². The molecule has 6 rings (SSSR count). The van der Waals surface area contributed by atoms with Crippen molar-refractivity contribution in [3.05, 3.63) is 53.9 Å². The first kappa shape index (κ1) is 25.3. The van der Waals surface area contributed by atoms with Crippen LogP contribution in [0.1, 0.15) is 69.4 Å². The van der Waals surface area contributed by atoms with Crippen LogP contribution in [0.25, 0.3) is 21.9 Å². The van der Waals surface area contributed by atoms with Crippen molar-refractivity contribution in [2.45, 2.75) is 70.5 Å². The quantitative estimate of drug-likeness (QED) is 0.333. The third-order valence-corrected chi connectivity index (χ3v) is 8.70. The van der Waals surface area contributed by atoms with Gasteiger partial charge in [-0.1, -0.05) is 24.6 Å². The van der Waals surface area contributed by atoms with Crippen molar-refractivity contribution in [2.75, 3.05) is 12.0 Å². The molecular weight excluding hydrogens is 496 g/mol. The fourth-order valence-electron chi connectivity index (χ4n) is 6.78. The Balaban J connectivity index is 1.57. The van der Waals surface area contributed by atoms with E-state index in [1.807, 2.05) is 54.8 Å². The van der Waals surface area contributed by atoms with Crippen molar-refractivity contribution in [2.24, 2.45) is 5.92 Å². The van der Waals surface area contributed by atoms with Gasteiger partial charge < -0.3 is 24.1 Å². The molecule has 204 valence electrons. The highest BCUT2D eigenvalue weighted by atomic mass is 16.5. The molecule has 1 fully saturated rings. The Morgan fingerprint density at radius 1 is 1.10 bits per heavy atom. The second-order valence-electron chi connectivity index (χ2n) is 11.0. The van der Waals surface area contributed by atoms with Gasteiger partial charge in [-0.05, 0) is 64.2 Å². The van der Waals surface area contributed by atoms with Crippen LogP contribution in [0.5, 0.6) is 5.88 Å². The Labute approximate surface area is 226 Å². The molecule has 1 saturated carbocycles. The van der Waals surface area contributed by atoms with E-state index in [4.69, 9.17) is 9.72 Å². The van der Waals surface area contributed by atoms with Crippen LogP contribution in [0.15, 0.2) is 42.5 Å². The topological polar surface area (TPSA) is 110 Å². The molecule has 0 bridgehead atoms. The Bertz CT molecular complexity index is 1590. The number of ether oxygens (including phenoxy) is 1. The highest BCUT2D eigenvalue weighted by Crippen LogP contribution is 2.43. The zero-order chi connectivity index (χ0) is 27.4. The summed E-state index contributed by atoms with van der Waals surface area (Å²) < 4.78 is 9.20. The maximum atomic E-state index is 12.7. The molecule has 39 heavy (non-hydrogen) atoms. The van der Waals surface area contributed by atoms with Crippen molar-refractivity contribution < 1.29 is 24.5 Å². The molecule has 1 aliphatic carbocycles. The molecule has 2 aliphatic rings. The van der Waals surface area contributed by atoms with Crippen molar-refractivity contribution in [3.63, 3.8) is 0 Å². The molecular formula is C30H34N4O5. The number of fused-ring (bicyclic) bond motifs is 4. The zero-order valence-electron chi connectivity index (χ0n) is 22.5. The van der Waals surface area contributed by atoms with Crippen molar-refractivity contribution in [1.82, 2.24) is 14.1 Å². The lowest BCUT2D eigenvalue weighted by Gasteiger charge is -2.34. The van der Waals surface area contributed by atoms with E-state index in [1.54, 1.807) is 11.0 Å². The SMILES string of the molecule is COC(=O)N1c2ccc3c(nc(C(C)n4c(O)cc5ccccc54)n3[C@@H]3CCC[C@@H](C(=O)O)C3)c2CC[C@@H]1C. The van der Waals surface area contributed by atoms with Crippen molar-refractivity contribution in [3.8, 4) is 5.88 Å². The number of carboxylic acid groups (broad SMARTS) is 1. The lowest BCUT2D eigenvalue weighted by molar-refractivity contribution is -0.143. The normalized spacial score (nSPS) is 22.1. The van der Waals surface area contributed by atoms with Gasteiger partial charge in [-0.15, -0.1) is 0 Å². The van der Waals surface area contributed by atoms with Gasteiger partial charge in [0.1, 0.15) is 5.82 Å². The van der Waals surface area contributed by atoms with Crippen LogP contribution in [-0.2, 0) is 16.0 Å². The van der Waals surface area contributed by atoms with Gasteiger partial charge in [-0.3, -0.25) is 9.69 Å². The number of carboxylic acids is 1. The fraction of sp³-hybridized carbons (Fsp3) is 0.433. The van der Waals surface area contributed by atoms with Gasteiger partial charge in [-0.2, -0.15) is 0 Å². The highest BCUT2D eigenvalue weighted by molar-refractivity contribution is 5.95. The number of hydrogen-bond acceptors (Lipinski definition) is 5.